The standard InChI is InChI=1S/C43H64O7/c1-8-15-33-17-19-34(20-18-33)35-21-27-38(28-22-35)48-41(46)36-23-25-37(26-24-36)47-31-14-10-9-12-29-42(4,5)49-39(44)16-11-13-30-43(6,7)50-40(45)32(2)3/h21-28,33-34,39,44H,2,8-20,29-31H2,1,3-7H3. The molecular weight excluding hydrogens is 628 g/mol. The highest BCUT2D eigenvalue weighted by Crippen LogP contribution is 2.38. The zero-order valence-corrected chi connectivity index (χ0v) is 31.8. The van der Waals surface area contributed by atoms with Gasteiger partial charge in [0.2, 0.25) is 0 Å². The Morgan fingerprint density at radius 1 is 0.820 bits per heavy atom. The molecule has 0 aromatic heterocycles. The van der Waals surface area contributed by atoms with E-state index in [1.165, 1.54) is 44.1 Å². The van der Waals surface area contributed by atoms with E-state index in [2.05, 4.69) is 25.6 Å². The largest absolute Gasteiger partial charge is 0.494 e. The van der Waals surface area contributed by atoms with E-state index in [4.69, 9.17) is 18.9 Å². The zero-order valence-electron chi connectivity index (χ0n) is 31.8. The van der Waals surface area contributed by atoms with E-state index in [9.17, 15) is 14.7 Å². The topological polar surface area (TPSA) is 91.3 Å². The molecule has 1 aliphatic rings. The van der Waals surface area contributed by atoms with Gasteiger partial charge in [-0.1, -0.05) is 57.7 Å². The van der Waals surface area contributed by atoms with Crippen molar-refractivity contribution < 1.29 is 33.6 Å². The van der Waals surface area contributed by atoms with Crippen molar-refractivity contribution in [2.75, 3.05) is 6.61 Å². The van der Waals surface area contributed by atoms with Gasteiger partial charge in [0.05, 0.1) is 17.8 Å². The van der Waals surface area contributed by atoms with E-state index in [0.29, 0.717) is 42.3 Å². The molecule has 0 bridgehead atoms. The van der Waals surface area contributed by atoms with Crippen molar-refractivity contribution in [1.82, 2.24) is 0 Å². The molecule has 278 valence electrons. The van der Waals surface area contributed by atoms with Crippen molar-refractivity contribution in [3.05, 3.63) is 71.8 Å². The first-order chi connectivity index (χ1) is 23.8. The quantitative estimate of drug-likeness (QED) is 0.0432. The van der Waals surface area contributed by atoms with Gasteiger partial charge in [-0.2, -0.15) is 0 Å². The van der Waals surface area contributed by atoms with Gasteiger partial charge in [-0.3, -0.25) is 0 Å². The van der Waals surface area contributed by atoms with Gasteiger partial charge in [0.1, 0.15) is 17.1 Å². The average molecular weight is 693 g/mol. The van der Waals surface area contributed by atoms with Crippen molar-refractivity contribution in [3.63, 3.8) is 0 Å². The number of benzene rings is 2. The number of carbonyl (C=O) groups is 2. The maximum absolute atomic E-state index is 12.7. The van der Waals surface area contributed by atoms with Gasteiger partial charge in [-0.05, 0) is 153 Å². The second-order valence-electron chi connectivity index (χ2n) is 15.5. The minimum atomic E-state index is -0.816. The van der Waals surface area contributed by atoms with Gasteiger partial charge < -0.3 is 24.1 Å². The predicted octanol–water partition coefficient (Wildman–Crippen LogP) is 10.9. The fraction of sp³-hybridized carbons (Fsp3) is 0.628. The first-order valence-electron chi connectivity index (χ1n) is 19.1. The van der Waals surface area contributed by atoms with Crippen LogP contribution in [0.1, 0.15) is 160 Å². The lowest BCUT2D eigenvalue weighted by molar-refractivity contribution is -0.178. The molecule has 50 heavy (non-hydrogen) atoms. The van der Waals surface area contributed by atoms with Crippen LogP contribution in [-0.2, 0) is 14.3 Å². The summed E-state index contributed by atoms with van der Waals surface area (Å²) in [5.74, 6) is 2.07. The molecule has 7 heteroatoms. The number of hydrogen-bond donors (Lipinski definition) is 1. The lowest BCUT2D eigenvalue weighted by atomic mass is 9.77. The Bertz CT molecular complexity index is 1300. The Morgan fingerprint density at radius 2 is 1.42 bits per heavy atom. The van der Waals surface area contributed by atoms with Crippen molar-refractivity contribution in [1.29, 1.82) is 0 Å². The van der Waals surface area contributed by atoms with E-state index >= 15 is 0 Å². The molecule has 0 heterocycles. The average Bonchev–Trinajstić information content (AvgIpc) is 3.07. The van der Waals surface area contributed by atoms with Crippen LogP contribution in [0, 0.1) is 5.92 Å². The van der Waals surface area contributed by atoms with Crippen molar-refractivity contribution in [2.45, 2.75) is 161 Å². The fourth-order valence-electron chi connectivity index (χ4n) is 6.80. The molecule has 2 aromatic rings. The summed E-state index contributed by atoms with van der Waals surface area (Å²) in [7, 11) is 0. The van der Waals surface area contributed by atoms with Crippen molar-refractivity contribution in [2.24, 2.45) is 5.92 Å². The molecule has 0 aliphatic heterocycles. The predicted molar refractivity (Wildman–Crippen MR) is 201 cm³/mol. The minimum Gasteiger partial charge on any atom is -0.494 e. The molecule has 1 fully saturated rings. The molecule has 1 atom stereocenters. The molecule has 0 radical (unpaired) electrons. The summed E-state index contributed by atoms with van der Waals surface area (Å²) in [5, 5.41) is 10.4. The van der Waals surface area contributed by atoms with E-state index in [1.807, 2.05) is 52.0 Å². The van der Waals surface area contributed by atoms with Gasteiger partial charge in [-0.25, -0.2) is 9.59 Å². The highest BCUT2D eigenvalue weighted by Gasteiger charge is 2.25. The summed E-state index contributed by atoms with van der Waals surface area (Å²) >= 11 is 0. The molecule has 1 aliphatic carbocycles. The Labute approximate surface area is 302 Å². The maximum Gasteiger partial charge on any atom is 0.343 e. The van der Waals surface area contributed by atoms with E-state index in [-0.39, 0.29) is 11.9 Å². The number of rotatable bonds is 22. The molecule has 2 aromatic carbocycles. The van der Waals surface area contributed by atoms with Crippen LogP contribution in [0.5, 0.6) is 11.5 Å². The third-order valence-corrected chi connectivity index (χ3v) is 9.79. The maximum atomic E-state index is 12.7. The van der Waals surface area contributed by atoms with Gasteiger partial charge in [0, 0.05) is 5.57 Å². The van der Waals surface area contributed by atoms with Crippen LogP contribution in [-0.4, -0.2) is 41.1 Å². The fourth-order valence-corrected chi connectivity index (χ4v) is 6.80. The minimum absolute atomic E-state index is 0.369. The van der Waals surface area contributed by atoms with Gasteiger partial charge in [0.15, 0.2) is 6.29 Å². The number of carbonyl (C=O) groups excluding carboxylic acids is 2. The van der Waals surface area contributed by atoms with Crippen LogP contribution in [0.15, 0.2) is 60.7 Å². The number of unbranched alkanes of at least 4 members (excludes halogenated alkanes) is 4. The second kappa shape index (κ2) is 20.6. The molecule has 3 rings (SSSR count). The first-order valence-corrected chi connectivity index (χ1v) is 19.1. The summed E-state index contributed by atoms with van der Waals surface area (Å²) < 4.78 is 23.0. The van der Waals surface area contributed by atoms with Crippen LogP contribution in [0.3, 0.4) is 0 Å². The molecule has 0 spiro atoms. The highest BCUT2D eigenvalue weighted by molar-refractivity contribution is 5.91. The van der Waals surface area contributed by atoms with Crippen LogP contribution in [0.25, 0.3) is 0 Å². The summed E-state index contributed by atoms with van der Waals surface area (Å²) in [4.78, 5) is 24.5. The van der Waals surface area contributed by atoms with Crippen LogP contribution in [0.2, 0.25) is 0 Å². The highest BCUT2D eigenvalue weighted by atomic mass is 16.6. The summed E-state index contributed by atoms with van der Waals surface area (Å²) in [6.45, 7) is 16.0. The summed E-state index contributed by atoms with van der Waals surface area (Å²) in [6.07, 6.45) is 14.7. The zero-order chi connectivity index (χ0) is 36.6. The molecule has 0 saturated heterocycles. The van der Waals surface area contributed by atoms with Crippen LogP contribution >= 0.6 is 0 Å². The SMILES string of the molecule is C=C(C)C(=O)OC(C)(C)CCCCC(O)OC(C)(C)CCCCCCOc1ccc(C(=O)Oc2ccc(C3CCC(CCC)CC3)cc2)cc1. The van der Waals surface area contributed by atoms with Gasteiger partial charge >= 0.3 is 11.9 Å². The number of esters is 2. The molecule has 7 nitrogen and oxygen atoms in total. The monoisotopic (exact) mass is 692 g/mol. The van der Waals surface area contributed by atoms with E-state index in [1.54, 1.807) is 19.1 Å². The summed E-state index contributed by atoms with van der Waals surface area (Å²) in [6, 6.07) is 15.2. The normalized spacial score (nSPS) is 17.2. The molecule has 0 amide bonds. The number of aliphatic hydroxyl groups excluding tert-OH is 1. The van der Waals surface area contributed by atoms with Gasteiger partial charge in [0.25, 0.3) is 0 Å². The Kier molecular flexibility index (Phi) is 17.0. The smallest absolute Gasteiger partial charge is 0.343 e. The molecular formula is C43H64O7. The number of hydrogen-bond acceptors (Lipinski definition) is 7. The second-order valence-corrected chi connectivity index (χ2v) is 15.5. The third-order valence-electron chi connectivity index (χ3n) is 9.79. The molecule has 1 unspecified atom stereocenters. The number of aliphatic hydroxyl groups is 1. The van der Waals surface area contributed by atoms with Crippen molar-refractivity contribution >= 4 is 11.9 Å². The first kappa shape index (κ1) is 41.3. The van der Waals surface area contributed by atoms with E-state index in [0.717, 1.165) is 56.6 Å². The Morgan fingerprint density at radius 3 is 2.06 bits per heavy atom. The lowest BCUT2D eigenvalue weighted by Gasteiger charge is -2.29. The van der Waals surface area contributed by atoms with Gasteiger partial charge in [-0.15, -0.1) is 0 Å². The van der Waals surface area contributed by atoms with E-state index < -0.39 is 17.5 Å². The lowest BCUT2D eigenvalue weighted by Crippen LogP contribution is -2.31. The number of ether oxygens (including phenoxy) is 4. The Hall–Kier alpha value is -3.16. The third kappa shape index (κ3) is 15.4. The van der Waals surface area contributed by atoms with Crippen LogP contribution < -0.4 is 9.47 Å². The Balaban J connectivity index is 1.25. The molecule has 1 N–H and O–H groups in total. The summed E-state index contributed by atoms with van der Waals surface area (Å²) in [5.41, 5.74) is 1.26. The van der Waals surface area contributed by atoms with Crippen molar-refractivity contribution in [3.8, 4) is 11.5 Å². The van der Waals surface area contributed by atoms with Crippen LogP contribution in [0.4, 0.5) is 0 Å². The molecule has 1 saturated carbocycles.